The molecule has 0 aromatic heterocycles. The van der Waals surface area contributed by atoms with Crippen LogP contribution in [-0.2, 0) is 9.59 Å². The van der Waals surface area contributed by atoms with Crippen LogP contribution in [0.25, 0.3) is 0 Å². The van der Waals surface area contributed by atoms with Gasteiger partial charge in [-0.1, -0.05) is 115 Å². The monoisotopic (exact) mass is 1040 g/mol. The molecule has 6 aromatic rings. The molecule has 6 aromatic carbocycles. The van der Waals surface area contributed by atoms with E-state index in [2.05, 4.69) is 91.0 Å². The van der Waals surface area contributed by atoms with E-state index in [4.69, 9.17) is 14.6 Å². The molecule has 0 unspecified atom stereocenters. The number of rotatable bonds is 10. The normalized spacial score (nSPS) is 19.0. The van der Waals surface area contributed by atoms with Crippen molar-refractivity contribution >= 4 is 43.8 Å². The Labute approximate surface area is 454 Å². The molecule has 75 heavy (non-hydrogen) atoms. The second kappa shape index (κ2) is 33.1. The Morgan fingerprint density at radius 1 is 0.560 bits per heavy atom. The van der Waals surface area contributed by atoms with Crippen LogP contribution in [0, 0.1) is 53.8 Å². The Balaban J connectivity index is 0.000000330. The van der Waals surface area contributed by atoms with Gasteiger partial charge in [-0.2, -0.15) is 0 Å². The van der Waals surface area contributed by atoms with Gasteiger partial charge in [-0.15, -0.1) is 0 Å². The number of ketones is 2. The number of carbonyl (C=O) groups excluding carboxylic acids is 2. The first-order valence-electron chi connectivity index (χ1n) is 24.1. The third kappa shape index (κ3) is 21.6. The number of aliphatic hydroxyl groups excluding tert-OH is 2. The molecule has 6 atom stereocenters. The van der Waals surface area contributed by atoms with Gasteiger partial charge in [-0.3, -0.25) is 9.59 Å². The molecule has 9 rings (SSSR count). The Morgan fingerprint density at radius 2 is 0.947 bits per heavy atom. The standard InChI is InChI=1S/C18H15P.C14H14F2O2.C13H14F2O2.C8H12O2.C7H7FO.B.Li.H/c1-4-10-16(11-5-1)19(17-12-6-2-7-13-17)18-14-8-3-9-15-18;1-9(17)13-4-2-3-5-14(13)18-12-7-10(15)6-11(16)8-12;14-10-5-11(15)7-12(6-10)17-13-4-2-1-3-9(13)8-16;1-6(9)7-4-2-3-5-8(7)10;1-5-2-6(8)4-7(9)3-5;;;/h1-15H;3,5-8,13-14H,2,4H2,1H3;2,4-7,9,13,16H,1,3,8H2;3,5,7-8,10H,2,4H2,1H3;2-4,9H,1H3;;;/q;;;;;;+1;-1/t;13-,14-;9-,13-;7-,8+;;;;/m.000..../s1. The molecule has 389 valence electrons. The quantitative estimate of drug-likeness (QED) is 0.0544. The third-order valence-electron chi connectivity index (χ3n) is 11.8. The van der Waals surface area contributed by atoms with Crippen LogP contribution in [0.2, 0.25) is 0 Å². The predicted molar refractivity (Wildman–Crippen MR) is 286 cm³/mol. The number of Topliss-reactive ketones (excluding diaryl/α,β-unsaturated/α-hetero) is 2. The number of benzene rings is 6. The molecular formula is C60H63BF5LiO7P. The van der Waals surface area contributed by atoms with Crippen LogP contribution >= 0.6 is 7.92 Å². The third-order valence-corrected chi connectivity index (χ3v) is 14.3. The SMILES string of the molecule is CC(=O)[C@@H]1CCC=C[C@@H]1Oc1cc(F)cc(F)c1.CC(=O)[C@@H]1CCC=C[C@H]1O.Cc1cc(O)cc(F)c1.OC[C@@H]1CCC=C[C@@H]1Oc1cc(F)cc(F)c1.[B].[H-].[Li+].c1ccc(P(c2ccccc2)c2ccccc2)cc1. The summed E-state index contributed by atoms with van der Waals surface area (Å²) in [6.07, 6.45) is 14.7. The van der Waals surface area contributed by atoms with E-state index in [1.807, 2.05) is 24.3 Å². The topological polar surface area (TPSA) is 113 Å². The number of hydrogen-bond donors (Lipinski definition) is 3. The molecule has 3 N–H and O–H groups in total. The minimum Gasteiger partial charge on any atom is -1.00 e. The van der Waals surface area contributed by atoms with Crippen molar-refractivity contribution < 1.29 is 76.6 Å². The first-order valence-corrected chi connectivity index (χ1v) is 25.4. The maximum Gasteiger partial charge on any atom is 1.00 e. The van der Waals surface area contributed by atoms with E-state index in [1.54, 1.807) is 19.1 Å². The van der Waals surface area contributed by atoms with Crippen molar-refractivity contribution in [1.29, 1.82) is 0 Å². The van der Waals surface area contributed by atoms with Crippen molar-refractivity contribution in [3.8, 4) is 17.2 Å². The molecule has 0 heterocycles. The number of aliphatic hydroxyl groups is 2. The smallest absolute Gasteiger partial charge is 1.00 e. The number of aryl methyl sites for hydroxylation is 1. The van der Waals surface area contributed by atoms with Gasteiger partial charge in [0.15, 0.2) is 0 Å². The summed E-state index contributed by atoms with van der Waals surface area (Å²) in [4.78, 5) is 22.3. The summed E-state index contributed by atoms with van der Waals surface area (Å²) in [5.74, 6) is -3.17. The Kier molecular flexibility index (Phi) is 27.9. The van der Waals surface area contributed by atoms with Crippen LogP contribution in [0.1, 0.15) is 59.4 Å². The fourth-order valence-electron chi connectivity index (χ4n) is 8.22. The van der Waals surface area contributed by atoms with Crippen LogP contribution in [0.4, 0.5) is 22.0 Å². The van der Waals surface area contributed by atoms with Crippen LogP contribution in [0.5, 0.6) is 17.2 Å². The molecule has 0 aliphatic heterocycles. The average molecular weight is 1040 g/mol. The first kappa shape index (κ1) is 63.2. The van der Waals surface area contributed by atoms with Gasteiger partial charge in [0.05, 0.1) is 12.0 Å². The predicted octanol–water partition coefficient (Wildman–Crippen LogP) is 8.86. The van der Waals surface area contributed by atoms with Gasteiger partial charge in [-0.05, 0) is 113 Å². The Morgan fingerprint density at radius 3 is 1.33 bits per heavy atom. The molecule has 15 heteroatoms. The second-order valence-corrected chi connectivity index (χ2v) is 19.8. The molecule has 0 saturated carbocycles. The summed E-state index contributed by atoms with van der Waals surface area (Å²) >= 11 is 0. The zero-order chi connectivity index (χ0) is 52.7. The van der Waals surface area contributed by atoms with Crippen LogP contribution < -0.4 is 44.2 Å². The van der Waals surface area contributed by atoms with Crippen molar-refractivity contribution in [3.05, 3.63) is 217 Å². The fraction of sp³-hybridized carbons (Fsp3) is 0.267. The summed E-state index contributed by atoms with van der Waals surface area (Å²) < 4.78 is 75.3. The number of phenolic OH excluding ortho intramolecular Hbond substituents is 1. The van der Waals surface area contributed by atoms with Crippen molar-refractivity contribution in [2.45, 2.75) is 77.6 Å². The van der Waals surface area contributed by atoms with E-state index >= 15 is 0 Å². The van der Waals surface area contributed by atoms with Crippen molar-refractivity contribution in [3.63, 3.8) is 0 Å². The van der Waals surface area contributed by atoms with Crippen LogP contribution in [-0.4, -0.2) is 60.2 Å². The molecule has 0 amide bonds. The number of hydrogen-bond acceptors (Lipinski definition) is 7. The number of halogens is 5. The zero-order valence-electron chi connectivity index (χ0n) is 43.6. The van der Waals surface area contributed by atoms with E-state index in [0.29, 0.717) is 6.42 Å². The minimum atomic E-state index is -0.691. The van der Waals surface area contributed by atoms with E-state index in [1.165, 1.54) is 41.9 Å². The van der Waals surface area contributed by atoms with Crippen molar-refractivity contribution in [2.24, 2.45) is 17.8 Å². The van der Waals surface area contributed by atoms with Gasteiger partial charge in [-0.25, -0.2) is 22.0 Å². The molecule has 7 nitrogen and oxygen atoms in total. The van der Waals surface area contributed by atoms with Gasteiger partial charge < -0.3 is 26.2 Å². The molecule has 0 bridgehead atoms. The van der Waals surface area contributed by atoms with E-state index in [9.17, 15) is 41.8 Å². The molecule has 3 aliphatic carbocycles. The van der Waals surface area contributed by atoms with E-state index < -0.39 is 49.2 Å². The van der Waals surface area contributed by atoms with Gasteiger partial charge in [0, 0.05) is 69.3 Å². The first-order chi connectivity index (χ1) is 35.1. The zero-order valence-corrected chi connectivity index (χ0v) is 43.5. The van der Waals surface area contributed by atoms with Gasteiger partial charge in [0.1, 0.15) is 70.1 Å². The molecule has 3 aliphatic rings. The number of allylic oxidation sites excluding steroid dienone is 3. The van der Waals surface area contributed by atoms with Crippen molar-refractivity contribution in [1.82, 2.24) is 0 Å². The van der Waals surface area contributed by atoms with Crippen LogP contribution in [0.3, 0.4) is 0 Å². The Hall–Kier alpha value is -6.06. The van der Waals surface area contributed by atoms with Crippen LogP contribution in [0.15, 0.2) is 182 Å². The molecule has 3 radical (unpaired) electrons. The maximum absolute atomic E-state index is 13.0. The average Bonchev–Trinajstić information content (AvgIpc) is 3.35. The minimum absolute atomic E-state index is 0. The fourth-order valence-corrected chi connectivity index (χ4v) is 10.5. The number of ether oxygens (including phenoxy) is 2. The largest absolute Gasteiger partial charge is 1.00 e. The van der Waals surface area contributed by atoms with Gasteiger partial charge >= 0.3 is 18.9 Å². The maximum atomic E-state index is 13.0. The Bertz CT molecular complexity index is 2580. The summed E-state index contributed by atoms with van der Waals surface area (Å²) in [6.45, 7) is 4.77. The van der Waals surface area contributed by atoms with Crippen molar-refractivity contribution in [2.75, 3.05) is 6.61 Å². The van der Waals surface area contributed by atoms with Gasteiger partial charge in [0.25, 0.3) is 0 Å². The molecule has 0 saturated heterocycles. The summed E-state index contributed by atoms with van der Waals surface area (Å²) in [7, 11) is -0.446. The number of phenols is 1. The molecule has 0 spiro atoms. The molecular weight excluding hydrogens is 976 g/mol. The summed E-state index contributed by atoms with van der Waals surface area (Å²) in [6, 6.07) is 42.4. The number of aromatic hydroxyl groups is 1. The van der Waals surface area contributed by atoms with Gasteiger partial charge in [0.2, 0.25) is 0 Å². The van der Waals surface area contributed by atoms with E-state index in [0.717, 1.165) is 80.1 Å². The summed E-state index contributed by atoms with van der Waals surface area (Å²) in [5.41, 5.74) is 0.729. The second-order valence-electron chi connectivity index (χ2n) is 17.6. The number of carbonyl (C=O) groups is 2. The summed E-state index contributed by atoms with van der Waals surface area (Å²) in [5, 5.41) is 31.4. The molecule has 0 fully saturated rings. The van der Waals surface area contributed by atoms with E-state index in [-0.39, 0.29) is 88.0 Å².